The van der Waals surface area contributed by atoms with Gasteiger partial charge in [0.2, 0.25) is 0 Å². The summed E-state index contributed by atoms with van der Waals surface area (Å²) >= 11 is 1.44. The number of piperidine rings is 1. The molecule has 1 fully saturated rings. The minimum Gasteiger partial charge on any atom is -0.506 e. The summed E-state index contributed by atoms with van der Waals surface area (Å²) in [5.74, 6) is -0.440. The Bertz CT molecular complexity index is 834. The van der Waals surface area contributed by atoms with Crippen molar-refractivity contribution in [1.82, 2.24) is 15.2 Å². The largest absolute Gasteiger partial charge is 0.506 e. The van der Waals surface area contributed by atoms with Crippen LogP contribution in [0.25, 0.3) is 10.2 Å². The van der Waals surface area contributed by atoms with Crippen molar-refractivity contribution in [2.45, 2.75) is 45.4 Å². The van der Waals surface area contributed by atoms with Gasteiger partial charge in [-0.05, 0) is 50.9 Å². The van der Waals surface area contributed by atoms with Gasteiger partial charge in [0.15, 0.2) is 0 Å². The molecule has 0 atom stereocenters. The Balaban J connectivity index is 1.66. The molecule has 26 heavy (non-hydrogen) atoms. The van der Waals surface area contributed by atoms with E-state index in [0.717, 1.165) is 30.9 Å². The van der Waals surface area contributed by atoms with E-state index in [2.05, 4.69) is 29.0 Å². The van der Waals surface area contributed by atoms with Gasteiger partial charge in [0, 0.05) is 11.4 Å². The van der Waals surface area contributed by atoms with E-state index in [1.807, 2.05) is 6.07 Å². The van der Waals surface area contributed by atoms with E-state index in [1.54, 1.807) is 0 Å². The van der Waals surface area contributed by atoms with Gasteiger partial charge < -0.3 is 20.3 Å². The number of rotatable bonds is 6. The van der Waals surface area contributed by atoms with Crippen molar-refractivity contribution in [3.63, 3.8) is 0 Å². The fourth-order valence-electron chi connectivity index (χ4n) is 3.36. The second-order valence-electron chi connectivity index (χ2n) is 7.24. The van der Waals surface area contributed by atoms with Crippen LogP contribution in [0.2, 0.25) is 0 Å². The van der Waals surface area contributed by atoms with Gasteiger partial charge in [-0.25, -0.2) is 0 Å². The molecule has 1 amide bonds. The van der Waals surface area contributed by atoms with E-state index < -0.39 is 11.5 Å². The summed E-state index contributed by atoms with van der Waals surface area (Å²) in [5, 5.41) is 13.8. The molecule has 0 unspecified atom stereocenters. The van der Waals surface area contributed by atoms with E-state index in [0.29, 0.717) is 22.7 Å². The number of carbonyl (C=O) groups excluding carboxylic acids is 1. The lowest BCUT2D eigenvalue weighted by Crippen LogP contribution is -2.34. The lowest BCUT2D eigenvalue weighted by molar-refractivity contribution is 0.0947. The van der Waals surface area contributed by atoms with E-state index in [1.165, 1.54) is 30.6 Å². The number of fused-ring (bicyclic) bond motifs is 1. The highest BCUT2D eigenvalue weighted by Crippen LogP contribution is 2.34. The maximum Gasteiger partial charge on any atom is 0.265 e. The van der Waals surface area contributed by atoms with Crippen LogP contribution in [0.15, 0.2) is 10.9 Å². The standard InChI is InChI=1S/C19H27N3O3S/c1-12(2)14-11-13-16(23)15(18(25)21-19(13)26-14)17(24)20-7-6-10-22-8-4-3-5-9-22/h11-12H,3-10H2,1-2H3,(H,20,24)(H2,21,23,25). The van der Waals surface area contributed by atoms with Crippen LogP contribution in [0.3, 0.4) is 0 Å². The van der Waals surface area contributed by atoms with E-state index in [-0.39, 0.29) is 11.3 Å². The highest BCUT2D eigenvalue weighted by Gasteiger charge is 2.21. The number of hydrogen-bond acceptors (Lipinski definition) is 5. The van der Waals surface area contributed by atoms with Crippen molar-refractivity contribution in [2.24, 2.45) is 0 Å². The smallest absolute Gasteiger partial charge is 0.265 e. The summed E-state index contributed by atoms with van der Waals surface area (Å²) in [6, 6.07) is 1.85. The summed E-state index contributed by atoms with van der Waals surface area (Å²) in [6.45, 7) is 7.80. The molecule has 0 aliphatic carbocycles. The predicted molar refractivity (Wildman–Crippen MR) is 105 cm³/mol. The number of aromatic amines is 1. The molecule has 0 saturated carbocycles. The number of pyridine rings is 1. The van der Waals surface area contributed by atoms with Gasteiger partial charge in [-0.1, -0.05) is 20.3 Å². The summed E-state index contributed by atoms with van der Waals surface area (Å²) in [4.78, 5) is 31.5. The van der Waals surface area contributed by atoms with E-state index in [4.69, 9.17) is 0 Å². The Labute approximate surface area is 157 Å². The summed E-state index contributed by atoms with van der Waals surface area (Å²) in [6.07, 6.45) is 4.63. The molecule has 7 heteroatoms. The van der Waals surface area contributed by atoms with Crippen molar-refractivity contribution in [1.29, 1.82) is 0 Å². The number of amides is 1. The Morgan fingerprint density at radius 2 is 2.08 bits per heavy atom. The number of nitrogens with one attached hydrogen (secondary N) is 2. The first-order chi connectivity index (χ1) is 12.5. The maximum absolute atomic E-state index is 12.4. The van der Waals surface area contributed by atoms with Crippen LogP contribution in [0.5, 0.6) is 5.75 Å². The van der Waals surface area contributed by atoms with Gasteiger partial charge in [0.25, 0.3) is 11.5 Å². The Kier molecular flexibility index (Phi) is 5.98. The third-order valence-electron chi connectivity index (χ3n) is 4.88. The lowest BCUT2D eigenvalue weighted by Gasteiger charge is -2.26. The van der Waals surface area contributed by atoms with Gasteiger partial charge in [-0.15, -0.1) is 11.3 Å². The average Bonchev–Trinajstić information content (AvgIpc) is 3.04. The molecule has 142 valence electrons. The highest BCUT2D eigenvalue weighted by molar-refractivity contribution is 7.18. The molecule has 1 saturated heterocycles. The second-order valence-corrected chi connectivity index (χ2v) is 8.32. The zero-order valence-corrected chi connectivity index (χ0v) is 16.2. The normalized spacial score (nSPS) is 15.7. The summed E-state index contributed by atoms with van der Waals surface area (Å²) < 4.78 is 0. The molecule has 2 aromatic rings. The van der Waals surface area contributed by atoms with Gasteiger partial charge in [-0.2, -0.15) is 0 Å². The topological polar surface area (TPSA) is 85.4 Å². The maximum atomic E-state index is 12.4. The molecule has 2 aromatic heterocycles. The van der Waals surface area contributed by atoms with Crippen molar-refractivity contribution < 1.29 is 9.90 Å². The van der Waals surface area contributed by atoms with Crippen LogP contribution in [0, 0.1) is 0 Å². The molecular formula is C19H27N3O3S. The monoisotopic (exact) mass is 377 g/mol. The molecule has 0 bridgehead atoms. The van der Waals surface area contributed by atoms with Crippen molar-refractivity contribution in [3.05, 3.63) is 26.9 Å². The van der Waals surface area contributed by atoms with Gasteiger partial charge in [0.05, 0.1) is 5.39 Å². The summed E-state index contributed by atoms with van der Waals surface area (Å²) in [5.41, 5.74) is -0.732. The number of nitrogens with zero attached hydrogens (tertiary/aromatic N) is 1. The molecule has 1 aliphatic rings. The van der Waals surface area contributed by atoms with Crippen LogP contribution in [-0.4, -0.2) is 47.1 Å². The molecule has 1 aliphatic heterocycles. The van der Waals surface area contributed by atoms with Crippen LogP contribution in [0.4, 0.5) is 0 Å². The molecule has 6 nitrogen and oxygen atoms in total. The van der Waals surface area contributed by atoms with Crippen LogP contribution in [0.1, 0.15) is 60.7 Å². The Morgan fingerprint density at radius 3 is 2.77 bits per heavy atom. The fourth-order valence-corrected chi connectivity index (χ4v) is 4.42. The molecule has 0 spiro atoms. The molecule has 3 heterocycles. The SMILES string of the molecule is CC(C)c1cc2c(O)c(C(=O)NCCCN3CCCCC3)c(=O)[nH]c2s1. The number of H-pyrrole nitrogens is 1. The van der Waals surface area contributed by atoms with Crippen molar-refractivity contribution in [2.75, 3.05) is 26.2 Å². The van der Waals surface area contributed by atoms with E-state index >= 15 is 0 Å². The zero-order chi connectivity index (χ0) is 18.7. The number of thiophene rings is 1. The van der Waals surface area contributed by atoms with Gasteiger partial charge in [-0.3, -0.25) is 9.59 Å². The second kappa shape index (κ2) is 8.22. The molecule has 0 aromatic carbocycles. The van der Waals surface area contributed by atoms with Gasteiger partial charge in [0.1, 0.15) is 16.1 Å². The number of hydrogen-bond donors (Lipinski definition) is 3. The average molecular weight is 378 g/mol. The predicted octanol–water partition coefficient (Wildman–Crippen LogP) is 3.02. The first-order valence-electron chi connectivity index (χ1n) is 9.36. The van der Waals surface area contributed by atoms with Crippen LogP contribution in [-0.2, 0) is 0 Å². The number of carbonyl (C=O) groups is 1. The van der Waals surface area contributed by atoms with E-state index in [9.17, 15) is 14.7 Å². The molecule has 3 N–H and O–H groups in total. The molecule has 0 radical (unpaired) electrons. The van der Waals surface area contributed by atoms with Crippen LogP contribution < -0.4 is 10.9 Å². The molecular weight excluding hydrogens is 350 g/mol. The van der Waals surface area contributed by atoms with Crippen LogP contribution >= 0.6 is 11.3 Å². The summed E-state index contributed by atoms with van der Waals surface area (Å²) in [7, 11) is 0. The highest BCUT2D eigenvalue weighted by atomic mass is 32.1. The lowest BCUT2D eigenvalue weighted by atomic mass is 10.1. The van der Waals surface area contributed by atoms with Crippen molar-refractivity contribution in [3.8, 4) is 5.75 Å². The zero-order valence-electron chi connectivity index (χ0n) is 15.4. The van der Waals surface area contributed by atoms with Gasteiger partial charge >= 0.3 is 0 Å². The number of aromatic nitrogens is 1. The minimum atomic E-state index is -0.541. The minimum absolute atomic E-state index is 0.191. The fraction of sp³-hybridized carbons (Fsp3) is 0.579. The first kappa shape index (κ1) is 18.9. The number of aromatic hydroxyl groups is 1. The quantitative estimate of drug-likeness (QED) is 0.676. The first-order valence-corrected chi connectivity index (χ1v) is 10.2. The molecule has 3 rings (SSSR count). The Hall–Kier alpha value is -1.86. The number of likely N-dealkylation sites (tertiary alicyclic amines) is 1. The third kappa shape index (κ3) is 4.10. The van der Waals surface area contributed by atoms with Crippen molar-refractivity contribution >= 4 is 27.5 Å². The Morgan fingerprint density at radius 1 is 1.35 bits per heavy atom. The third-order valence-corrected chi connectivity index (χ3v) is 6.23.